The predicted molar refractivity (Wildman–Crippen MR) is 48.4 cm³/mol. The highest BCUT2D eigenvalue weighted by atomic mass is 19.3. The molecule has 1 amide bonds. The molecule has 2 N–H and O–H groups in total. The molecule has 0 aliphatic rings. The number of nitrogens with one attached hydrogen (secondary N) is 2. The molecule has 6 heteroatoms. The number of halogens is 2. The van der Waals surface area contributed by atoms with Crippen molar-refractivity contribution in [2.24, 2.45) is 0 Å². The van der Waals surface area contributed by atoms with E-state index in [-0.39, 0.29) is 5.91 Å². The van der Waals surface area contributed by atoms with E-state index in [4.69, 9.17) is 4.74 Å². The van der Waals surface area contributed by atoms with E-state index >= 15 is 0 Å². The van der Waals surface area contributed by atoms with Crippen molar-refractivity contribution in [3.63, 3.8) is 0 Å². The quantitative estimate of drug-likeness (QED) is 0.581. The summed E-state index contributed by atoms with van der Waals surface area (Å²) in [5, 5.41) is 4.94. The molecule has 0 spiro atoms. The van der Waals surface area contributed by atoms with Gasteiger partial charge in [-0.05, 0) is 6.92 Å². The number of hydrogen-bond acceptors (Lipinski definition) is 3. The first-order chi connectivity index (χ1) is 6.57. The van der Waals surface area contributed by atoms with Gasteiger partial charge in [-0.25, -0.2) is 8.78 Å². The SMILES string of the molecule is COCCNC(=O)C(C)NCC(F)F. The van der Waals surface area contributed by atoms with Crippen LogP contribution in [0.25, 0.3) is 0 Å². The molecule has 0 saturated carbocycles. The number of alkyl halides is 2. The molecule has 0 fully saturated rings. The monoisotopic (exact) mass is 210 g/mol. The van der Waals surface area contributed by atoms with E-state index in [1.165, 1.54) is 14.0 Å². The van der Waals surface area contributed by atoms with Crippen LogP contribution in [-0.4, -0.2) is 45.2 Å². The molecule has 0 aliphatic heterocycles. The summed E-state index contributed by atoms with van der Waals surface area (Å²) in [7, 11) is 1.52. The Balaban J connectivity index is 3.54. The lowest BCUT2D eigenvalue weighted by molar-refractivity contribution is -0.123. The van der Waals surface area contributed by atoms with Gasteiger partial charge in [0.05, 0.1) is 19.2 Å². The highest BCUT2D eigenvalue weighted by Gasteiger charge is 2.13. The third-order valence-corrected chi connectivity index (χ3v) is 1.58. The molecule has 0 aromatic rings. The van der Waals surface area contributed by atoms with Crippen molar-refractivity contribution in [1.82, 2.24) is 10.6 Å². The summed E-state index contributed by atoms with van der Waals surface area (Å²) in [6, 6.07) is -0.610. The summed E-state index contributed by atoms with van der Waals surface area (Å²) in [6.45, 7) is 1.85. The topological polar surface area (TPSA) is 50.4 Å². The Labute approximate surface area is 82.0 Å². The van der Waals surface area contributed by atoms with Crippen molar-refractivity contribution in [1.29, 1.82) is 0 Å². The molecule has 4 nitrogen and oxygen atoms in total. The average Bonchev–Trinajstić information content (AvgIpc) is 2.14. The highest BCUT2D eigenvalue weighted by Crippen LogP contribution is 1.90. The second-order valence-electron chi connectivity index (χ2n) is 2.80. The van der Waals surface area contributed by atoms with E-state index in [1.807, 2.05) is 0 Å². The van der Waals surface area contributed by atoms with Gasteiger partial charge < -0.3 is 15.4 Å². The van der Waals surface area contributed by atoms with Gasteiger partial charge in [0, 0.05) is 13.7 Å². The first kappa shape index (κ1) is 13.2. The van der Waals surface area contributed by atoms with Crippen LogP contribution in [0.3, 0.4) is 0 Å². The van der Waals surface area contributed by atoms with E-state index in [2.05, 4.69) is 10.6 Å². The predicted octanol–water partition coefficient (Wildman–Crippen LogP) is -0.00780. The van der Waals surface area contributed by atoms with E-state index in [0.29, 0.717) is 13.2 Å². The van der Waals surface area contributed by atoms with Crippen molar-refractivity contribution in [2.45, 2.75) is 19.4 Å². The van der Waals surface area contributed by atoms with Gasteiger partial charge in [-0.3, -0.25) is 4.79 Å². The normalized spacial score (nSPS) is 12.9. The number of hydrogen-bond donors (Lipinski definition) is 2. The Hall–Kier alpha value is -0.750. The largest absolute Gasteiger partial charge is 0.383 e. The van der Waals surface area contributed by atoms with Crippen molar-refractivity contribution in [3.8, 4) is 0 Å². The molecule has 0 saturated heterocycles. The van der Waals surface area contributed by atoms with E-state index in [0.717, 1.165) is 0 Å². The van der Waals surface area contributed by atoms with Crippen molar-refractivity contribution >= 4 is 5.91 Å². The number of rotatable bonds is 7. The zero-order valence-electron chi connectivity index (χ0n) is 8.35. The number of carbonyl (C=O) groups excluding carboxylic acids is 1. The molecule has 0 rings (SSSR count). The Morgan fingerprint density at radius 1 is 1.50 bits per heavy atom. The molecule has 0 aromatic heterocycles. The van der Waals surface area contributed by atoms with Gasteiger partial charge in [-0.1, -0.05) is 0 Å². The third-order valence-electron chi connectivity index (χ3n) is 1.58. The van der Waals surface area contributed by atoms with Crippen LogP contribution in [-0.2, 0) is 9.53 Å². The lowest BCUT2D eigenvalue weighted by atomic mass is 10.3. The lowest BCUT2D eigenvalue weighted by Gasteiger charge is -2.13. The highest BCUT2D eigenvalue weighted by molar-refractivity contribution is 5.81. The summed E-state index contributed by atoms with van der Waals surface area (Å²) < 4.78 is 28.2. The zero-order chi connectivity index (χ0) is 11.0. The second-order valence-corrected chi connectivity index (χ2v) is 2.80. The first-order valence-electron chi connectivity index (χ1n) is 4.36. The van der Waals surface area contributed by atoms with E-state index in [1.54, 1.807) is 0 Å². The number of carbonyl (C=O) groups is 1. The summed E-state index contributed by atoms with van der Waals surface area (Å²) >= 11 is 0. The van der Waals surface area contributed by atoms with Gasteiger partial charge in [0.1, 0.15) is 0 Å². The Kier molecular flexibility index (Phi) is 7.23. The molecular formula is C8H16F2N2O2. The molecule has 0 heterocycles. The van der Waals surface area contributed by atoms with Crippen molar-refractivity contribution in [2.75, 3.05) is 26.8 Å². The van der Waals surface area contributed by atoms with Gasteiger partial charge in [0.25, 0.3) is 6.43 Å². The Bertz CT molecular complexity index is 167. The smallest absolute Gasteiger partial charge is 0.250 e. The van der Waals surface area contributed by atoms with Crippen LogP contribution >= 0.6 is 0 Å². The molecule has 0 radical (unpaired) electrons. The van der Waals surface area contributed by atoms with Gasteiger partial charge in [0.2, 0.25) is 5.91 Å². The van der Waals surface area contributed by atoms with Crippen LogP contribution in [0, 0.1) is 0 Å². The number of amides is 1. The number of ether oxygens (including phenoxy) is 1. The van der Waals surface area contributed by atoms with Crippen LogP contribution in [0.1, 0.15) is 6.92 Å². The second kappa shape index (κ2) is 7.64. The Morgan fingerprint density at radius 3 is 2.64 bits per heavy atom. The maximum Gasteiger partial charge on any atom is 0.250 e. The fraction of sp³-hybridized carbons (Fsp3) is 0.875. The fourth-order valence-corrected chi connectivity index (χ4v) is 0.788. The summed E-state index contributed by atoms with van der Waals surface area (Å²) in [6.07, 6.45) is -2.44. The molecule has 0 aliphatic carbocycles. The number of methoxy groups -OCH3 is 1. The molecule has 84 valence electrons. The average molecular weight is 210 g/mol. The first-order valence-corrected chi connectivity index (χ1v) is 4.36. The van der Waals surface area contributed by atoms with Crippen LogP contribution < -0.4 is 10.6 Å². The molecule has 1 atom stereocenters. The van der Waals surface area contributed by atoms with Gasteiger partial charge in [-0.15, -0.1) is 0 Å². The van der Waals surface area contributed by atoms with E-state index < -0.39 is 19.0 Å². The summed E-state index contributed by atoms with van der Waals surface area (Å²) in [4.78, 5) is 11.2. The summed E-state index contributed by atoms with van der Waals surface area (Å²) in [5.41, 5.74) is 0. The van der Waals surface area contributed by atoms with Crippen LogP contribution in [0.4, 0.5) is 8.78 Å². The standard InChI is InChI=1S/C8H16F2N2O2/c1-6(12-5-7(9)10)8(13)11-3-4-14-2/h6-7,12H,3-5H2,1-2H3,(H,11,13). The molecule has 14 heavy (non-hydrogen) atoms. The van der Waals surface area contributed by atoms with Gasteiger partial charge in [0.15, 0.2) is 0 Å². The van der Waals surface area contributed by atoms with Crippen molar-refractivity contribution in [3.05, 3.63) is 0 Å². The van der Waals surface area contributed by atoms with E-state index in [9.17, 15) is 13.6 Å². The lowest BCUT2D eigenvalue weighted by Crippen LogP contribution is -2.44. The minimum Gasteiger partial charge on any atom is -0.383 e. The molecule has 0 bridgehead atoms. The minimum absolute atomic E-state index is 0.303. The minimum atomic E-state index is -2.44. The van der Waals surface area contributed by atoms with Gasteiger partial charge >= 0.3 is 0 Å². The molecular weight excluding hydrogens is 194 g/mol. The zero-order valence-corrected chi connectivity index (χ0v) is 8.35. The molecule has 1 unspecified atom stereocenters. The van der Waals surface area contributed by atoms with Crippen molar-refractivity contribution < 1.29 is 18.3 Å². The fourth-order valence-electron chi connectivity index (χ4n) is 0.788. The van der Waals surface area contributed by atoms with Gasteiger partial charge in [-0.2, -0.15) is 0 Å². The van der Waals surface area contributed by atoms with Crippen LogP contribution in [0.5, 0.6) is 0 Å². The van der Waals surface area contributed by atoms with Crippen LogP contribution in [0.15, 0.2) is 0 Å². The maximum absolute atomic E-state index is 11.8. The third kappa shape index (κ3) is 6.73. The summed E-state index contributed by atoms with van der Waals surface area (Å²) in [5.74, 6) is -0.303. The Morgan fingerprint density at radius 2 is 2.14 bits per heavy atom. The maximum atomic E-state index is 11.8. The van der Waals surface area contributed by atoms with Crippen LogP contribution in [0.2, 0.25) is 0 Å². The molecule has 0 aromatic carbocycles.